The molecule has 0 fully saturated rings. The molecule has 1 aromatic carbocycles. The average Bonchev–Trinajstić information content (AvgIpc) is 2.64. The van der Waals surface area contributed by atoms with Crippen LogP contribution in [0.4, 0.5) is 5.69 Å². The summed E-state index contributed by atoms with van der Waals surface area (Å²) in [5, 5.41) is 0. The Hall–Kier alpha value is -1.20. The van der Waals surface area contributed by atoms with E-state index >= 15 is 0 Å². The molecule has 4 nitrogen and oxygen atoms in total. The predicted molar refractivity (Wildman–Crippen MR) is 78.6 cm³/mol. The van der Waals surface area contributed by atoms with Crippen LogP contribution in [0.5, 0.6) is 0 Å². The summed E-state index contributed by atoms with van der Waals surface area (Å²) >= 11 is 3.38. The van der Waals surface area contributed by atoms with Gasteiger partial charge in [0.05, 0.1) is 11.3 Å². The Kier molecular flexibility index (Phi) is 4.37. The molecule has 0 unspecified atom stereocenters. The Balaban J connectivity index is 2.20. The highest BCUT2D eigenvalue weighted by Crippen LogP contribution is 2.31. The Morgan fingerprint density at radius 3 is 2.53 bits per heavy atom. The highest BCUT2D eigenvalue weighted by molar-refractivity contribution is 9.10. The van der Waals surface area contributed by atoms with E-state index in [9.17, 15) is 9.59 Å². The lowest BCUT2D eigenvalue weighted by atomic mass is 10.1. The minimum Gasteiger partial charge on any atom is -0.303 e. The normalized spacial score (nSPS) is 14.4. The number of ketones is 1. The monoisotopic (exact) mass is 324 g/mol. The van der Waals surface area contributed by atoms with Gasteiger partial charge >= 0.3 is 0 Å². The van der Waals surface area contributed by atoms with Gasteiger partial charge in [-0.15, -0.1) is 0 Å². The Labute approximate surface area is 121 Å². The molecule has 0 atom stereocenters. The van der Waals surface area contributed by atoms with Crippen LogP contribution in [0.3, 0.4) is 0 Å². The van der Waals surface area contributed by atoms with Crippen LogP contribution in [0.1, 0.15) is 24.2 Å². The maximum Gasteiger partial charge on any atom is 0.299 e. The number of anilines is 1. The number of halogens is 1. The van der Waals surface area contributed by atoms with E-state index in [1.807, 2.05) is 6.07 Å². The van der Waals surface area contributed by atoms with Crippen LogP contribution >= 0.6 is 15.9 Å². The van der Waals surface area contributed by atoms with Crippen LogP contribution in [-0.4, -0.2) is 42.8 Å². The van der Waals surface area contributed by atoms with Crippen molar-refractivity contribution in [3.8, 4) is 0 Å². The van der Waals surface area contributed by atoms with Crippen molar-refractivity contribution in [2.45, 2.75) is 13.8 Å². The molecule has 2 rings (SSSR count). The van der Waals surface area contributed by atoms with E-state index in [-0.39, 0.29) is 0 Å². The minimum absolute atomic E-state index is 0.401. The highest BCUT2D eigenvalue weighted by Gasteiger charge is 2.35. The molecule has 5 heteroatoms. The third-order valence-electron chi connectivity index (χ3n) is 3.47. The first-order chi connectivity index (χ1) is 9.08. The van der Waals surface area contributed by atoms with Gasteiger partial charge in [-0.1, -0.05) is 29.8 Å². The number of Topliss-reactive ketones (excluding diaryl/α,β-unsaturated/α-hetero) is 1. The van der Waals surface area contributed by atoms with Crippen molar-refractivity contribution in [3.63, 3.8) is 0 Å². The van der Waals surface area contributed by atoms with Crippen LogP contribution in [0.15, 0.2) is 22.7 Å². The minimum atomic E-state index is -0.416. The zero-order chi connectivity index (χ0) is 14.0. The van der Waals surface area contributed by atoms with Crippen molar-refractivity contribution in [2.24, 2.45) is 0 Å². The second-order valence-electron chi connectivity index (χ2n) is 4.47. The van der Waals surface area contributed by atoms with Gasteiger partial charge in [0.15, 0.2) is 0 Å². The zero-order valence-electron chi connectivity index (χ0n) is 11.1. The summed E-state index contributed by atoms with van der Waals surface area (Å²) < 4.78 is 0.876. The second kappa shape index (κ2) is 5.84. The Bertz CT molecular complexity index is 512. The smallest absolute Gasteiger partial charge is 0.299 e. The van der Waals surface area contributed by atoms with E-state index in [4.69, 9.17) is 0 Å². The second-order valence-corrected chi connectivity index (χ2v) is 5.39. The first kappa shape index (κ1) is 14.2. The fourth-order valence-corrected chi connectivity index (χ4v) is 2.62. The predicted octanol–water partition coefficient (Wildman–Crippen LogP) is 2.32. The molecule has 19 heavy (non-hydrogen) atoms. The number of likely N-dealkylation sites (N-methyl/N-ethyl adjacent to an activating group) is 1. The lowest BCUT2D eigenvalue weighted by Gasteiger charge is -2.23. The number of hydrogen-bond acceptors (Lipinski definition) is 3. The number of carbonyl (C=O) groups is 2. The van der Waals surface area contributed by atoms with Gasteiger partial charge in [-0.05, 0) is 31.3 Å². The average molecular weight is 325 g/mol. The number of amides is 1. The quantitative estimate of drug-likeness (QED) is 0.780. The molecule has 0 saturated heterocycles. The zero-order valence-corrected chi connectivity index (χ0v) is 12.7. The third kappa shape index (κ3) is 2.72. The number of rotatable bonds is 5. The molecule has 0 N–H and O–H groups in total. The molecule has 1 aliphatic rings. The largest absolute Gasteiger partial charge is 0.303 e. The van der Waals surface area contributed by atoms with Gasteiger partial charge in [0.2, 0.25) is 0 Å². The molecule has 0 bridgehead atoms. The van der Waals surface area contributed by atoms with Crippen molar-refractivity contribution >= 4 is 33.3 Å². The highest BCUT2D eigenvalue weighted by atomic mass is 79.9. The number of benzene rings is 1. The summed E-state index contributed by atoms with van der Waals surface area (Å²) in [6.45, 7) is 7.39. The van der Waals surface area contributed by atoms with E-state index in [1.165, 1.54) is 0 Å². The van der Waals surface area contributed by atoms with Gasteiger partial charge in [-0.2, -0.15) is 0 Å². The van der Waals surface area contributed by atoms with Crippen molar-refractivity contribution < 1.29 is 9.59 Å². The molecule has 1 amide bonds. The number of fused-ring (bicyclic) bond motifs is 1. The molecule has 1 aromatic rings. The lowest BCUT2D eigenvalue weighted by Crippen LogP contribution is -2.38. The first-order valence-corrected chi connectivity index (χ1v) is 7.25. The summed E-state index contributed by atoms with van der Waals surface area (Å²) in [4.78, 5) is 27.7. The third-order valence-corrected chi connectivity index (χ3v) is 3.96. The summed E-state index contributed by atoms with van der Waals surface area (Å²) in [5.74, 6) is -0.817. The SMILES string of the molecule is CCN(CC)CCN1C(=O)C(=O)c2ccc(Br)cc21. The molecule has 102 valence electrons. The number of hydrogen-bond donors (Lipinski definition) is 0. The van der Waals surface area contributed by atoms with E-state index in [0.717, 1.165) is 29.8 Å². The summed E-state index contributed by atoms with van der Waals surface area (Å²) in [6, 6.07) is 5.33. The van der Waals surface area contributed by atoms with E-state index in [1.54, 1.807) is 17.0 Å². The van der Waals surface area contributed by atoms with Gasteiger partial charge in [0.25, 0.3) is 11.7 Å². The van der Waals surface area contributed by atoms with Crippen LogP contribution in [0.2, 0.25) is 0 Å². The summed E-state index contributed by atoms with van der Waals surface area (Å²) in [7, 11) is 0. The first-order valence-electron chi connectivity index (χ1n) is 6.46. The van der Waals surface area contributed by atoms with Gasteiger partial charge < -0.3 is 9.80 Å². The number of carbonyl (C=O) groups excluding carboxylic acids is 2. The molecule has 0 radical (unpaired) electrons. The fraction of sp³-hybridized carbons (Fsp3) is 0.429. The van der Waals surface area contributed by atoms with Crippen molar-refractivity contribution in [1.29, 1.82) is 0 Å². The summed E-state index contributed by atoms with van der Waals surface area (Å²) in [6.07, 6.45) is 0. The molecular weight excluding hydrogens is 308 g/mol. The molecule has 0 spiro atoms. The Morgan fingerprint density at radius 2 is 1.89 bits per heavy atom. The van der Waals surface area contributed by atoms with Crippen LogP contribution in [0.25, 0.3) is 0 Å². The van der Waals surface area contributed by atoms with Gasteiger partial charge in [0.1, 0.15) is 0 Å². The van der Waals surface area contributed by atoms with E-state index < -0.39 is 11.7 Å². The number of nitrogens with zero attached hydrogens (tertiary/aromatic N) is 2. The molecule has 0 aliphatic carbocycles. The van der Waals surface area contributed by atoms with E-state index in [2.05, 4.69) is 34.7 Å². The van der Waals surface area contributed by atoms with Crippen LogP contribution in [0, 0.1) is 0 Å². The van der Waals surface area contributed by atoms with Crippen molar-refractivity contribution in [2.75, 3.05) is 31.1 Å². The van der Waals surface area contributed by atoms with Gasteiger partial charge in [-0.25, -0.2) is 0 Å². The van der Waals surface area contributed by atoms with Crippen LogP contribution in [-0.2, 0) is 4.79 Å². The maximum atomic E-state index is 12.0. The van der Waals surface area contributed by atoms with Gasteiger partial charge in [0, 0.05) is 17.6 Å². The summed E-state index contributed by atoms with van der Waals surface area (Å²) in [5.41, 5.74) is 1.23. The maximum absolute atomic E-state index is 12.0. The molecule has 0 saturated carbocycles. The topological polar surface area (TPSA) is 40.6 Å². The van der Waals surface area contributed by atoms with Gasteiger partial charge in [-0.3, -0.25) is 9.59 Å². The Morgan fingerprint density at radius 1 is 1.21 bits per heavy atom. The van der Waals surface area contributed by atoms with E-state index in [0.29, 0.717) is 12.1 Å². The van der Waals surface area contributed by atoms with Crippen molar-refractivity contribution in [1.82, 2.24) is 4.90 Å². The standard InChI is InChI=1S/C14H17BrN2O2/c1-3-16(4-2)7-8-17-12-9-10(15)5-6-11(12)13(18)14(17)19/h5-6,9H,3-4,7-8H2,1-2H3. The molecule has 0 aromatic heterocycles. The van der Waals surface area contributed by atoms with Crippen molar-refractivity contribution in [3.05, 3.63) is 28.2 Å². The lowest BCUT2D eigenvalue weighted by molar-refractivity contribution is -0.114. The fourth-order valence-electron chi connectivity index (χ4n) is 2.27. The molecule has 1 heterocycles. The molecular formula is C14H17BrN2O2. The molecule has 1 aliphatic heterocycles. The van der Waals surface area contributed by atoms with Crippen LogP contribution < -0.4 is 4.90 Å².